The molecule has 0 fully saturated rings. The maximum Gasteiger partial charge on any atom is 0.0625 e. The van der Waals surface area contributed by atoms with Gasteiger partial charge in [-0.25, -0.2) is 0 Å². The van der Waals surface area contributed by atoms with E-state index in [1.54, 1.807) is 0 Å². The normalized spacial score (nSPS) is 11.6. The van der Waals surface area contributed by atoms with Gasteiger partial charge in [-0.2, -0.15) is 0 Å². The minimum absolute atomic E-state index is 0. The van der Waals surface area contributed by atoms with Crippen molar-refractivity contribution in [3.63, 3.8) is 0 Å². The lowest BCUT2D eigenvalue weighted by atomic mass is 9.99. The van der Waals surface area contributed by atoms with Gasteiger partial charge in [-0.15, -0.1) is 0 Å². The van der Waals surface area contributed by atoms with Crippen molar-refractivity contribution in [2.45, 2.75) is 14.4 Å². The Balaban J connectivity index is 0.000000138. The third kappa shape index (κ3) is 4.72. The highest BCUT2D eigenvalue weighted by molar-refractivity contribution is 6.32. The van der Waals surface area contributed by atoms with Crippen molar-refractivity contribution in [3.05, 3.63) is 179 Å². The fourth-order valence-corrected chi connectivity index (χ4v) is 8.63. The molecule has 250 valence electrons. The highest BCUT2D eigenvalue weighted by atomic mass is 35.5. The number of hydrogen-bond acceptors (Lipinski definition) is 0. The van der Waals surface area contributed by atoms with E-state index in [1.807, 2.05) is 12.1 Å². The topological polar surface area (TPSA) is 8.82 Å². The van der Waals surface area contributed by atoms with Gasteiger partial charge in [0.25, 0.3) is 0 Å². The van der Waals surface area contributed by atoms with Gasteiger partial charge in [0.1, 0.15) is 0 Å². The second kappa shape index (κ2) is 12.5. The smallest absolute Gasteiger partial charge is 0.0625 e. The Hall–Kier alpha value is -5.80. The third-order valence-electron chi connectivity index (χ3n) is 10.4. The summed E-state index contributed by atoms with van der Waals surface area (Å²) in [5, 5.41) is 11.6. The number of nitrogens with zero attached hydrogens (tertiary/aromatic N) is 2. The van der Waals surface area contributed by atoms with Crippen molar-refractivity contribution in [2.24, 2.45) is 0 Å². The Bertz CT molecular complexity index is 3170. The van der Waals surface area contributed by atoms with Crippen LogP contribution in [0.5, 0.6) is 0 Å². The predicted molar refractivity (Wildman–Crippen MR) is 227 cm³/mol. The molecule has 11 aromatic rings. The average molecular weight is 710 g/mol. The van der Waals surface area contributed by atoms with Crippen LogP contribution in [0.1, 0.15) is 13.0 Å². The van der Waals surface area contributed by atoms with Crippen LogP contribution in [0.4, 0.5) is 0 Å². The molecule has 0 radical (unpaired) electrons. The first-order valence-corrected chi connectivity index (χ1v) is 17.9. The third-order valence-corrected chi connectivity index (χ3v) is 10.9. The maximum absolute atomic E-state index is 6.43. The SMILES string of the molecule is C.Cc1c2ccc(Cl)cc2n2c3ccccc3c3ccccc3c12.Clc1ccc2c(-c3ccccc3)c3c4ccccc4c4ccccc4n3c2c1. The zero-order valence-corrected chi connectivity index (χ0v) is 29.3. The first-order chi connectivity index (χ1) is 25.1. The summed E-state index contributed by atoms with van der Waals surface area (Å²) < 4.78 is 4.73. The number of aromatic nitrogens is 2. The summed E-state index contributed by atoms with van der Waals surface area (Å²) in [5.74, 6) is 0. The van der Waals surface area contributed by atoms with Crippen LogP contribution < -0.4 is 0 Å². The van der Waals surface area contributed by atoms with Crippen LogP contribution in [0, 0.1) is 6.92 Å². The Labute approximate surface area is 311 Å². The highest BCUT2D eigenvalue weighted by Crippen LogP contribution is 2.43. The second-order valence-corrected chi connectivity index (χ2v) is 14.1. The molecule has 0 bridgehead atoms. The molecule has 0 spiro atoms. The summed E-state index contributed by atoms with van der Waals surface area (Å²) in [7, 11) is 0. The Kier molecular flexibility index (Phi) is 7.70. The van der Waals surface area contributed by atoms with Crippen molar-refractivity contribution in [1.29, 1.82) is 0 Å². The number of halogens is 2. The monoisotopic (exact) mass is 708 g/mol. The van der Waals surface area contributed by atoms with E-state index in [0.717, 1.165) is 15.6 Å². The molecule has 4 aromatic heterocycles. The average Bonchev–Trinajstić information content (AvgIpc) is 3.67. The summed E-state index contributed by atoms with van der Waals surface area (Å²) in [6.45, 7) is 2.20. The number of fused-ring (bicyclic) bond motifs is 16. The minimum atomic E-state index is 0. The number of hydrogen-bond donors (Lipinski definition) is 0. The lowest BCUT2D eigenvalue weighted by Gasteiger charge is -2.11. The molecular weight excluding hydrogens is 675 g/mol. The number of aryl methyl sites for hydroxylation is 1. The van der Waals surface area contributed by atoms with E-state index in [1.165, 1.54) is 87.4 Å². The van der Waals surface area contributed by atoms with Crippen LogP contribution in [0.15, 0.2) is 164 Å². The summed E-state index contributed by atoms with van der Waals surface area (Å²) in [4.78, 5) is 0. The van der Waals surface area contributed by atoms with Gasteiger partial charge in [0.05, 0.1) is 33.1 Å². The maximum atomic E-state index is 6.43. The zero-order valence-electron chi connectivity index (χ0n) is 27.7. The molecular formula is C48H34Cl2N2. The molecule has 0 atom stereocenters. The molecule has 4 heterocycles. The van der Waals surface area contributed by atoms with Gasteiger partial charge >= 0.3 is 0 Å². The minimum Gasteiger partial charge on any atom is -0.308 e. The van der Waals surface area contributed by atoms with Gasteiger partial charge < -0.3 is 8.80 Å². The van der Waals surface area contributed by atoms with Gasteiger partial charge in [0, 0.05) is 47.9 Å². The van der Waals surface area contributed by atoms with Gasteiger partial charge in [0.15, 0.2) is 0 Å². The van der Waals surface area contributed by atoms with Crippen molar-refractivity contribution >= 4 is 99.4 Å². The van der Waals surface area contributed by atoms with Gasteiger partial charge in [-0.1, -0.05) is 158 Å². The first kappa shape index (κ1) is 32.1. The van der Waals surface area contributed by atoms with E-state index in [-0.39, 0.29) is 7.43 Å². The molecule has 11 rings (SSSR count). The molecule has 0 saturated carbocycles. The Morgan fingerprint density at radius 2 is 0.788 bits per heavy atom. The summed E-state index contributed by atoms with van der Waals surface area (Å²) >= 11 is 12.7. The fourth-order valence-electron chi connectivity index (χ4n) is 8.30. The van der Waals surface area contributed by atoms with Crippen LogP contribution in [-0.2, 0) is 0 Å². The molecule has 0 aliphatic rings. The second-order valence-electron chi connectivity index (χ2n) is 13.2. The summed E-state index contributed by atoms with van der Waals surface area (Å²) in [6, 6.07) is 57.6. The van der Waals surface area contributed by atoms with Crippen LogP contribution in [0.25, 0.3) is 87.3 Å². The van der Waals surface area contributed by atoms with Crippen LogP contribution in [0.3, 0.4) is 0 Å². The number of benzene rings is 7. The number of rotatable bonds is 1. The van der Waals surface area contributed by atoms with E-state index < -0.39 is 0 Å². The predicted octanol–water partition coefficient (Wildman–Crippen LogP) is 14.7. The lowest BCUT2D eigenvalue weighted by molar-refractivity contribution is 1.34. The van der Waals surface area contributed by atoms with Crippen molar-refractivity contribution in [2.75, 3.05) is 0 Å². The molecule has 0 amide bonds. The fraction of sp³-hybridized carbons (Fsp3) is 0.0417. The molecule has 0 N–H and O–H groups in total. The Morgan fingerprint density at radius 3 is 1.37 bits per heavy atom. The van der Waals surface area contributed by atoms with Gasteiger partial charge in [-0.05, 0) is 65.2 Å². The standard InChI is InChI=1S/C26H16ClN.C21H14ClN.CH4/c27-18-14-15-22-24(16-18)28-23-13-7-6-11-20(23)19-10-4-5-12-21(19)26(28)25(22)17-8-2-1-3-9-17;1-13-15-11-10-14(22)12-20(15)23-19-9-5-4-7-17(19)16-6-2-3-8-18(16)21(13)23;/h1-16H;2-12H,1H3;1H4. The summed E-state index contributed by atoms with van der Waals surface area (Å²) in [5.41, 5.74) is 11.0. The molecule has 0 aliphatic heterocycles. The molecule has 2 nitrogen and oxygen atoms in total. The van der Waals surface area contributed by atoms with E-state index in [0.29, 0.717) is 0 Å². The lowest BCUT2D eigenvalue weighted by Crippen LogP contribution is -1.91. The van der Waals surface area contributed by atoms with E-state index in [2.05, 4.69) is 167 Å². The quantitative estimate of drug-likeness (QED) is 0.150. The molecule has 52 heavy (non-hydrogen) atoms. The molecule has 0 saturated heterocycles. The van der Waals surface area contributed by atoms with Crippen molar-refractivity contribution < 1.29 is 0 Å². The van der Waals surface area contributed by atoms with Gasteiger partial charge in [0.2, 0.25) is 0 Å². The molecule has 0 unspecified atom stereocenters. The summed E-state index contributed by atoms with van der Waals surface area (Å²) in [6.07, 6.45) is 0. The number of para-hydroxylation sites is 2. The Morgan fingerprint density at radius 1 is 0.365 bits per heavy atom. The number of pyridine rings is 2. The highest BCUT2D eigenvalue weighted by Gasteiger charge is 2.19. The van der Waals surface area contributed by atoms with E-state index in [9.17, 15) is 0 Å². The largest absolute Gasteiger partial charge is 0.308 e. The molecule has 7 aromatic carbocycles. The van der Waals surface area contributed by atoms with Gasteiger partial charge in [-0.3, -0.25) is 0 Å². The molecule has 4 heteroatoms. The van der Waals surface area contributed by atoms with E-state index >= 15 is 0 Å². The van der Waals surface area contributed by atoms with Crippen LogP contribution >= 0.6 is 23.2 Å². The zero-order chi connectivity index (χ0) is 34.2. The van der Waals surface area contributed by atoms with Crippen molar-refractivity contribution in [3.8, 4) is 11.1 Å². The van der Waals surface area contributed by atoms with Crippen molar-refractivity contribution in [1.82, 2.24) is 8.80 Å². The van der Waals surface area contributed by atoms with Crippen LogP contribution in [-0.4, -0.2) is 8.80 Å². The molecule has 0 aliphatic carbocycles. The first-order valence-electron chi connectivity index (χ1n) is 17.2. The van der Waals surface area contributed by atoms with E-state index in [4.69, 9.17) is 23.2 Å². The van der Waals surface area contributed by atoms with Crippen LogP contribution in [0.2, 0.25) is 10.0 Å².